The summed E-state index contributed by atoms with van der Waals surface area (Å²) in [7, 11) is 0. The lowest BCUT2D eigenvalue weighted by Crippen LogP contribution is -2.42. The number of nitrogens with one attached hydrogen (secondary N) is 1. The number of amides is 1. The number of carbonyl (C=O) groups is 2. The number of carbonyl (C=O) groups excluding carboxylic acids is 2. The van der Waals surface area contributed by atoms with E-state index in [1.807, 2.05) is 13.8 Å². The summed E-state index contributed by atoms with van der Waals surface area (Å²) in [4.78, 5) is 27.9. The normalized spacial score (nSPS) is 21.3. The predicted octanol–water partition coefficient (Wildman–Crippen LogP) is 6.33. The summed E-state index contributed by atoms with van der Waals surface area (Å²) < 4.78 is 0.597. The average molecular weight is 618 g/mol. The van der Waals surface area contributed by atoms with E-state index in [4.69, 9.17) is 28.9 Å². The monoisotopic (exact) mass is 616 g/mol. The summed E-state index contributed by atoms with van der Waals surface area (Å²) in [6, 6.07) is 7.57. The largest absolute Gasteiger partial charge is 0.384 e. The van der Waals surface area contributed by atoms with Crippen molar-refractivity contribution >= 4 is 63.1 Å². The molecule has 0 radical (unpaired) electrons. The van der Waals surface area contributed by atoms with Gasteiger partial charge in [0.05, 0.1) is 23.3 Å². The zero-order valence-corrected chi connectivity index (χ0v) is 25.4. The van der Waals surface area contributed by atoms with Crippen molar-refractivity contribution in [1.29, 1.82) is 5.26 Å². The SMILES string of the molecule is CC1(C)CC(=O)C2=C(C1)N(c1nnc(SCC(=O)NC3CCCCC3)s1)C(N)=C(C#N)C2c1c(Cl)cccc1Cl. The molecule has 1 unspecified atom stereocenters. The Morgan fingerprint density at radius 2 is 1.93 bits per heavy atom. The summed E-state index contributed by atoms with van der Waals surface area (Å²) in [5.41, 5.74) is 8.14. The van der Waals surface area contributed by atoms with E-state index >= 15 is 0 Å². The van der Waals surface area contributed by atoms with Gasteiger partial charge in [0.15, 0.2) is 10.1 Å². The molecule has 210 valence electrons. The highest BCUT2D eigenvalue weighted by Gasteiger charge is 2.46. The van der Waals surface area contributed by atoms with Gasteiger partial charge in [0.2, 0.25) is 11.0 Å². The Hall–Kier alpha value is -2.58. The quantitative estimate of drug-likeness (QED) is 0.361. The van der Waals surface area contributed by atoms with Gasteiger partial charge in [-0.2, -0.15) is 5.26 Å². The second-order valence-corrected chi connectivity index (χ2v) is 14.2. The molecule has 1 aliphatic heterocycles. The minimum Gasteiger partial charge on any atom is -0.384 e. The molecule has 8 nitrogen and oxygen atoms in total. The van der Waals surface area contributed by atoms with Gasteiger partial charge < -0.3 is 11.1 Å². The minimum atomic E-state index is -0.786. The van der Waals surface area contributed by atoms with E-state index in [9.17, 15) is 14.9 Å². The number of allylic oxidation sites excluding steroid dienone is 3. The van der Waals surface area contributed by atoms with Crippen molar-refractivity contribution in [2.75, 3.05) is 10.7 Å². The summed E-state index contributed by atoms with van der Waals surface area (Å²) in [5, 5.41) is 23.2. The van der Waals surface area contributed by atoms with E-state index in [0.29, 0.717) is 49.2 Å². The molecule has 2 heterocycles. The number of thioether (sulfide) groups is 1. The predicted molar refractivity (Wildman–Crippen MR) is 159 cm³/mol. The fraction of sp³-hybridized carbons (Fsp3) is 0.464. The molecule has 12 heteroatoms. The molecule has 3 aliphatic rings. The number of ketones is 1. The minimum absolute atomic E-state index is 0.0260. The lowest BCUT2D eigenvalue weighted by molar-refractivity contribution is -0.119. The lowest BCUT2D eigenvalue weighted by atomic mass is 9.68. The van der Waals surface area contributed by atoms with Gasteiger partial charge in [-0.25, -0.2) is 0 Å². The number of anilines is 1. The molecule has 1 amide bonds. The third-order valence-corrected chi connectivity index (χ3v) is 10.3. The van der Waals surface area contributed by atoms with E-state index in [1.165, 1.54) is 29.5 Å². The first kappa shape index (κ1) is 28.9. The third kappa shape index (κ3) is 5.75. The van der Waals surface area contributed by atoms with Crippen LogP contribution in [0.25, 0.3) is 0 Å². The van der Waals surface area contributed by atoms with Gasteiger partial charge in [-0.15, -0.1) is 10.2 Å². The van der Waals surface area contributed by atoms with Crippen molar-refractivity contribution in [2.45, 2.75) is 75.1 Å². The van der Waals surface area contributed by atoms with Crippen LogP contribution in [0, 0.1) is 16.7 Å². The van der Waals surface area contributed by atoms with E-state index in [2.05, 4.69) is 21.6 Å². The number of hydrogen-bond donors (Lipinski definition) is 2. The van der Waals surface area contributed by atoms with Crippen LogP contribution in [-0.4, -0.2) is 33.7 Å². The molecule has 1 saturated carbocycles. The van der Waals surface area contributed by atoms with Crippen molar-refractivity contribution in [3.8, 4) is 6.07 Å². The molecule has 1 fully saturated rings. The summed E-state index contributed by atoms with van der Waals surface area (Å²) in [6.07, 6.45) is 6.40. The van der Waals surface area contributed by atoms with Crippen molar-refractivity contribution in [1.82, 2.24) is 15.5 Å². The molecule has 0 spiro atoms. The zero-order valence-electron chi connectivity index (χ0n) is 22.3. The molecule has 1 aromatic carbocycles. The Balaban J connectivity index is 1.49. The second kappa shape index (κ2) is 11.7. The van der Waals surface area contributed by atoms with Crippen LogP contribution in [0.4, 0.5) is 5.13 Å². The molecule has 3 N–H and O–H groups in total. The lowest BCUT2D eigenvalue weighted by Gasteiger charge is -2.42. The van der Waals surface area contributed by atoms with Crippen LogP contribution in [0.2, 0.25) is 10.0 Å². The van der Waals surface area contributed by atoms with Crippen LogP contribution in [0.3, 0.4) is 0 Å². The van der Waals surface area contributed by atoms with Crippen molar-refractivity contribution in [2.24, 2.45) is 11.1 Å². The van der Waals surface area contributed by atoms with Crippen LogP contribution >= 0.6 is 46.3 Å². The number of aromatic nitrogens is 2. The van der Waals surface area contributed by atoms with E-state index in [-0.39, 0.29) is 40.3 Å². The highest BCUT2D eigenvalue weighted by atomic mass is 35.5. The maximum atomic E-state index is 13.7. The van der Waals surface area contributed by atoms with Gasteiger partial charge in [-0.05, 0) is 36.8 Å². The summed E-state index contributed by atoms with van der Waals surface area (Å²) in [6.45, 7) is 4.05. The van der Waals surface area contributed by atoms with Crippen molar-refractivity contribution in [3.05, 3.63) is 56.5 Å². The Labute approximate surface area is 252 Å². The number of rotatable bonds is 6. The van der Waals surface area contributed by atoms with Gasteiger partial charge in [0.25, 0.3) is 0 Å². The number of nitrogens with zero attached hydrogens (tertiary/aromatic N) is 4. The number of nitriles is 1. The number of hydrogen-bond acceptors (Lipinski definition) is 9. The molecule has 1 aromatic heterocycles. The maximum absolute atomic E-state index is 13.7. The second-order valence-electron chi connectivity index (χ2n) is 11.2. The molecule has 0 saturated heterocycles. The highest BCUT2D eigenvalue weighted by molar-refractivity contribution is 8.01. The fourth-order valence-corrected chi connectivity index (χ4v) is 8.10. The molecular formula is C28H30Cl2N6O2S2. The highest BCUT2D eigenvalue weighted by Crippen LogP contribution is 2.52. The number of Topliss-reactive ketones (excluding diaryl/α,β-unsaturated/α-hetero) is 1. The van der Waals surface area contributed by atoms with Gasteiger partial charge >= 0.3 is 0 Å². The first-order valence-electron chi connectivity index (χ1n) is 13.3. The van der Waals surface area contributed by atoms with Crippen LogP contribution < -0.4 is 16.0 Å². The van der Waals surface area contributed by atoms with Crippen LogP contribution in [0.1, 0.15) is 70.3 Å². The van der Waals surface area contributed by atoms with E-state index < -0.39 is 5.92 Å². The Morgan fingerprint density at radius 1 is 1.23 bits per heavy atom. The van der Waals surface area contributed by atoms with Gasteiger partial charge in [-0.1, -0.05) is 85.5 Å². The van der Waals surface area contributed by atoms with Crippen LogP contribution in [0.5, 0.6) is 0 Å². The number of benzene rings is 1. The van der Waals surface area contributed by atoms with Gasteiger partial charge in [-0.3, -0.25) is 14.5 Å². The van der Waals surface area contributed by atoms with Crippen molar-refractivity contribution < 1.29 is 9.59 Å². The van der Waals surface area contributed by atoms with E-state index in [1.54, 1.807) is 23.1 Å². The zero-order chi connectivity index (χ0) is 28.6. The van der Waals surface area contributed by atoms with Gasteiger partial charge in [0, 0.05) is 39.3 Å². The fourth-order valence-electron chi connectivity index (χ4n) is 5.80. The first-order valence-corrected chi connectivity index (χ1v) is 15.8. The Morgan fingerprint density at radius 3 is 2.60 bits per heavy atom. The molecular weight excluding hydrogens is 587 g/mol. The van der Waals surface area contributed by atoms with E-state index in [0.717, 1.165) is 25.7 Å². The van der Waals surface area contributed by atoms with Crippen LogP contribution in [0.15, 0.2) is 45.2 Å². The average Bonchev–Trinajstić information content (AvgIpc) is 3.35. The molecule has 2 aliphatic carbocycles. The standard InChI is InChI=1S/C28H30Cl2N6O2S2/c1-28(2)11-19-24(20(37)12-28)22(23-17(29)9-6-10-18(23)30)16(13-31)25(32)36(19)26-34-35-27(40-26)39-14-21(38)33-15-7-4-3-5-8-15/h6,9-10,15,22H,3-5,7-8,11-12,14,32H2,1-2H3,(H,33,38). The van der Waals surface area contributed by atoms with Gasteiger partial charge in [0.1, 0.15) is 5.82 Å². The molecule has 2 aromatic rings. The molecule has 5 rings (SSSR count). The molecule has 0 bridgehead atoms. The number of nitrogens with two attached hydrogens (primary N) is 1. The Bertz CT molecular complexity index is 1430. The summed E-state index contributed by atoms with van der Waals surface area (Å²) in [5.74, 6) is -0.508. The smallest absolute Gasteiger partial charge is 0.230 e. The molecule has 40 heavy (non-hydrogen) atoms. The van der Waals surface area contributed by atoms with Crippen LogP contribution in [-0.2, 0) is 9.59 Å². The molecule has 1 atom stereocenters. The first-order chi connectivity index (χ1) is 19.1. The topological polar surface area (TPSA) is 125 Å². The maximum Gasteiger partial charge on any atom is 0.230 e. The summed E-state index contributed by atoms with van der Waals surface area (Å²) >= 11 is 15.7. The third-order valence-electron chi connectivity index (χ3n) is 7.55. The van der Waals surface area contributed by atoms with Crippen molar-refractivity contribution in [3.63, 3.8) is 0 Å². The Kier molecular flexibility index (Phi) is 8.48. The number of halogens is 2.